The van der Waals surface area contributed by atoms with Gasteiger partial charge in [-0.25, -0.2) is 9.59 Å². The average molecular weight is 671 g/mol. The van der Waals surface area contributed by atoms with Crippen LogP contribution in [0.5, 0.6) is 0 Å². The molecule has 0 aliphatic carbocycles. The highest BCUT2D eigenvalue weighted by Crippen LogP contribution is 2.37. The molecule has 0 aromatic rings. The standard InChI is InChI=1S/C29H42N4O14/c1-3-16-17(6-5-15-11-33(8-10-35)12-18(24(39)40)21(15)32-28(30)31-7-4-9-34)19(25(41)44-2)14-45-26(16)47-27-23(38)29(42,43)22(37)20(13-36)46-27/h3,5-6,12,14,16-17,20,22-23,26-27,34-38,42-43H,1,4,7-11,13H2,2H3,(H,39,40)(H3,30,31,32). The normalized spacial score (nSPS) is 29.6. The van der Waals surface area contributed by atoms with Crippen LogP contribution in [0.15, 0.2) is 64.7 Å². The number of β-amino-alcohol motifs (C(OH)–C–C–N with tert-alkyl or cyclic N) is 1. The second-order valence-corrected chi connectivity index (χ2v) is 10.7. The third-order valence-electron chi connectivity index (χ3n) is 7.60. The van der Waals surface area contributed by atoms with Crippen molar-refractivity contribution in [2.45, 2.75) is 43.1 Å². The summed E-state index contributed by atoms with van der Waals surface area (Å²) in [5.74, 6) is -7.26. The number of allylic oxidation sites excluding steroid dienone is 1. The largest absolute Gasteiger partial charge is 0.478 e. The van der Waals surface area contributed by atoms with Crippen LogP contribution in [0.2, 0.25) is 0 Å². The van der Waals surface area contributed by atoms with Gasteiger partial charge in [-0.1, -0.05) is 18.2 Å². The van der Waals surface area contributed by atoms with Crippen molar-refractivity contribution in [3.8, 4) is 0 Å². The van der Waals surface area contributed by atoms with E-state index in [1.165, 1.54) is 24.4 Å². The molecule has 262 valence electrons. The summed E-state index contributed by atoms with van der Waals surface area (Å²) in [7, 11) is 1.14. The van der Waals surface area contributed by atoms with Crippen LogP contribution in [0.4, 0.5) is 0 Å². The number of guanidine groups is 1. The molecular formula is C29H42N4O14. The summed E-state index contributed by atoms with van der Waals surface area (Å²) < 4.78 is 21.6. The van der Waals surface area contributed by atoms with E-state index in [-0.39, 0.29) is 55.7 Å². The van der Waals surface area contributed by atoms with Crippen LogP contribution in [-0.4, -0.2) is 147 Å². The number of hydrogen-bond acceptors (Lipinski definition) is 15. The summed E-state index contributed by atoms with van der Waals surface area (Å²) >= 11 is 0. The maximum atomic E-state index is 12.8. The Hall–Kier alpha value is -3.85. The topological polar surface area (TPSA) is 287 Å². The second-order valence-electron chi connectivity index (χ2n) is 10.7. The lowest BCUT2D eigenvalue weighted by atomic mass is 9.83. The van der Waals surface area contributed by atoms with Gasteiger partial charge >= 0.3 is 11.9 Å². The number of hydrogen-bond donors (Lipinski definition) is 10. The molecule has 0 aromatic carbocycles. The van der Waals surface area contributed by atoms with E-state index in [2.05, 4.69) is 16.9 Å². The SMILES string of the molecule is C=CC1C(OC2OC(CO)C(O)C(O)(O)C2O)OC=C(C(=O)OC)C1C=CC1=C(NC(N)=NCCCO)C(C(=O)O)=CN(CCO)C1. The van der Waals surface area contributed by atoms with Crippen molar-refractivity contribution < 1.29 is 69.4 Å². The van der Waals surface area contributed by atoms with Gasteiger partial charge in [0.2, 0.25) is 12.1 Å². The Kier molecular flexibility index (Phi) is 13.5. The fraction of sp³-hybridized carbons (Fsp3) is 0.552. The van der Waals surface area contributed by atoms with Gasteiger partial charge in [0, 0.05) is 38.4 Å². The number of carbonyl (C=O) groups is 2. The molecule has 0 spiro atoms. The van der Waals surface area contributed by atoms with Crippen LogP contribution in [0.3, 0.4) is 0 Å². The van der Waals surface area contributed by atoms with Gasteiger partial charge in [0.15, 0.2) is 18.4 Å². The van der Waals surface area contributed by atoms with Crippen LogP contribution in [0.1, 0.15) is 6.42 Å². The van der Waals surface area contributed by atoms with Crippen molar-refractivity contribution in [3.63, 3.8) is 0 Å². The second kappa shape index (κ2) is 16.8. The Morgan fingerprint density at radius 1 is 1.21 bits per heavy atom. The van der Waals surface area contributed by atoms with E-state index in [0.717, 1.165) is 13.4 Å². The maximum Gasteiger partial charge on any atom is 0.339 e. The third-order valence-corrected chi connectivity index (χ3v) is 7.60. The number of rotatable bonds is 14. The maximum absolute atomic E-state index is 12.8. The van der Waals surface area contributed by atoms with Crippen LogP contribution >= 0.6 is 0 Å². The van der Waals surface area contributed by atoms with Gasteiger partial charge in [0.05, 0.1) is 49.3 Å². The van der Waals surface area contributed by atoms with Gasteiger partial charge < -0.3 is 75.8 Å². The highest BCUT2D eigenvalue weighted by Gasteiger charge is 2.56. The van der Waals surface area contributed by atoms with E-state index in [1.807, 2.05) is 0 Å². The number of aliphatic hydroxyl groups is 7. The van der Waals surface area contributed by atoms with Gasteiger partial charge in [0.25, 0.3) is 0 Å². The minimum atomic E-state index is -3.13. The van der Waals surface area contributed by atoms with E-state index < -0.39 is 67.1 Å². The summed E-state index contributed by atoms with van der Waals surface area (Å²) in [6.45, 7) is 2.86. The lowest BCUT2D eigenvalue weighted by Gasteiger charge is -2.46. The molecule has 3 rings (SSSR count). The van der Waals surface area contributed by atoms with Crippen LogP contribution in [0.25, 0.3) is 0 Å². The zero-order valence-electron chi connectivity index (χ0n) is 25.6. The molecule has 18 nitrogen and oxygen atoms in total. The van der Waals surface area contributed by atoms with Crippen molar-refractivity contribution in [2.24, 2.45) is 22.6 Å². The first kappa shape index (κ1) is 37.6. The number of carbonyl (C=O) groups excluding carboxylic acids is 1. The van der Waals surface area contributed by atoms with Crippen LogP contribution < -0.4 is 11.1 Å². The predicted molar refractivity (Wildman–Crippen MR) is 160 cm³/mol. The van der Waals surface area contributed by atoms with E-state index in [0.29, 0.717) is 12.0 Å². The molecule has 0 radical (unpaired) electrons. The summed E-state index contributed by atoms with van der Waals surface area (Å²) in [6.07, 6.45) is -2.01. The number of carboxylic acids is 1. The Morgan fingerprint density at radius 2 is 1.94 bits per heavy atom. The third kappa shape index (κ3) is 8.74. The lowest BCUT2D eigenvalue weighted by Crippen LogP contribution is -2.68. The molecule has 0 saturated carbocycles. The quantitative estimate of drug-likeness (QED) is 0.0213. The number of nitrogens with zero attached hydrogens (tertiary/aromatic N) is 2. The average Bonchev–Trinajstić information content (AvgIpc) is 3.04. The van der Waals surface area contributed by atoms with Crippen molar-refractivity contribution in [3.05, 3.63) is 59.7 Å². The summed E-state index contributed by atoms with van der Waals surface area (Å²) in [4.78, 5) is 30.7. The van der Waals surface area contributed by atoms with Crippen molar-refractivity contribution in [1.29, 1.82) is 0 Å². The van der Waals surface area contributed by atoms with E-state index >= 15 is 0 Å². The number of aliphatic carboxylic acids is 1. The minimum Gasteiger partial charge on any atom is -0.478 e. The van der Waals surface area contributed by atoms with Crippen molar-refractivity contribution in [2.75, 3.05) is 46.6 Å². The zero-order chi connectivity index (χ0) is 34.9. The fourth-order valence-corrected chi connectivity index (χ4v) is 5.09. The first-order valence-corrected chi connectivity index (χ1v) is 14.5. The van der Waals surface area contributed by atoms with Gasteiger partial charge in [0.1, 0.15) is 12.2 Å². The van der Waals surface area contributed by atoms with Crippen LogP contribution in [0, 0.1) is 11.8 Å². The Bertz CT molecular complexity index is 1300. The number of carboxylic acid groups (broad SMARTS) is 1. The summed E-state index contributed by atoms with van der Waals surface area (Å²) in [5, 5.41) is 82.0. The molecule has 18 heteroatoms. The Morgan fingerprint density at radius 3 is 2.53 bits per heavy atom. The Labute approximate surface area is 269 Å². The number of aliphatic imine (C=N–C) groups is 1. The van der Waals surface area contributed by atoms with Gasteiger partial charge in [-0.2, -0.15) is 0 Å². The first-order valence-electron chi connectivity index (χ1n) is 14.5. The van der Waals surface area contributed by atoms with Crippen molar-refractivity contribution >= 4 is 17.9 Å². The molecule has 7 unspecified atom stereocenters. The molecule has 3 aliphatic heterocycles. The van der Waals surface area contributed by atoms with Crippen molar-refractivity contribution in [1.82, 2.24) is 10.2 Å². The summed E-state index contributed by atoms with van der Waals surface area (Å²) in [6, 6.07) is 0. The summed E-state index contributed by atoms with van der Waals surface area (Å²) in [5.41, 5.74) is 6.20. The lowest BCUT2D eigenvalue weighted by molar-refractivity contribution is -0.404. The zero-order valence-corrected chi connectivity index (χ0v) is 25.6. The molecule has 3 aliphatic rings. The number of esters is 1. The predicted octanol–water partition coefficient (Wildman–Crippen LogP) is -3.67. The van der Waals surface area contributed by atoms with E-state index in [9.17, 15) is 45.3 Å². The number of methoxy groups -OCH3 is 1. The number of nitrogens with one attached hydrogen (secondary N) is 1. The van der Waals surface area contributed by atoms with Gasteiger partial charge in [-0.05, 0) is 12.0 Å². The molecule has 7 atom stereocenters. The number of ether oxygens (including phenoxy) is 4. The molecule has 3 heterocycles. The molecule has 0 bridgehead atoms. The monoisotopic (exact) mass is 670 g/mol. The van der Waals surface area contributed by atoms with Gasteiger partial charge in [-0.3, -0.25) is 4.99 Å². The highest BCUT2D eigenvalue weighted by atomic mass is 16.8. The van der Waals surface area contributed by atoms with E-state index in [4.69, 9.17) is 29.8 Å². The minimum absolute atomic E-state index is 0.0156. The number of nitrogens with two attached hydrogens (primary N) is 1. The van der Waals surface area contributed by atoms with Gasteiger partial charge in [-0.15, -0.1) is 6.58 Å². The molecule has 1 fully saturated rings. The molecule has 0 amide bonds. The van der Waals surface area contributed by atoms with E-state index in [1.54, 1.807) is 4.90 Å². The number of aliphatic hydroxyl groups excluding tert-OH is 5. The first-order chi connectivity index (χ1) is 22.3. The molecule has 0 aromatic heterocycles. The highest BCUT2D eigenvalue weighted by molar-refractivity contribution is 5.95. The molecule has 1 saturated heterocycles. The molecular weight excluding hydrogens is 628 g/mol. The Balaban J connectivity index is 2.04. The molecule has 47 heavy (non-hydrogen) atoms. The fourth-order valence-electron chi connectivity index (χ4n) is 5.09. The smallest absolute Gasteiger partial charge is 0.339 e. The van der Waals surface area contributed by atoms with Crippen LogP contribution in [-0.2, 0) is 28.5 Å². The molecule has 11 N–H and O–H groups in total.